The summed E-state index contributed by atoms with van der Waals surface area (Å²) in [5, 5.41) is 3.34. The van der Waals surface area contributed by atoms with Crippen LogP contribution in [0.5, 0.6) is 0 Å². The Kier molecular flexibility index (Phi) is 3.01. The first-order chi connectivity index (χ1) is 8.72. The Morgan fingerprint density at radius 1 is 1.56 bits per heavy atom. The molecule has 4 nitrogen and oxygen atoms in total. The minimum absolute atomic E-state index is 0.280. The monoisotopic (exact) mass is 249 g/mol. The van der Waals surface area contributed by atoms with Gasteiger partial charge in [0.05, 0.1) is 6.54 Å². The molecular weight excluding hydrogens is 233 g/mol. The second kappa shape index (κ2) is 4.66. The number of rotatable bonds is 2. The lowest BCUT2D eigenvalue weighted by Crippen LogP contribution is -2.49. The zero-order valence-electron chi connectivity index (χ0n) is 10.3. The molecule has 3 rings (SSSR count). The molecule has 0 spiro atoms. The number of aromatic nitrogens is 1. The summed E-state index contributed by atoms with van der Waals surface area (Å²) < 4.78 is 18.7. The SMILES string of the molecule is C[C@H]1CNCCN1Cc1nc2cc(F)ccc2o1. The average molecular weight is 249 g/mol. The van der Waals surface area contributed by atoms with Crippen molar-refractivity contribution in [2.24, 2.45) is 0 Å². The summed E-state index contributed by atoms with van der Waals surface area (Å²) in [6.07, 6.45) is 0. The van der Waals surface area contributed by atoms with Crippen LogP contribution in [0.15, 0.2) is 22.6 Å². The van der Waals surface area contributed by atoms with Crippen molar-refractivity contribution in [1.29, 1.82) is 0 Å². The summed E-state index contributed by atoms with van der Waals surface area (Å²) in [4.78, 5) is 6.65. The van der Waals surface area contributed by atoms with Crippen LogP contribution in [0.25, 0.3) is 11.1 Å². The van der Waals surface area contributed by atoms with Crippen molar-refractivity contribution < 1.29 is 8.81 Å². The fourth-order valence-corrected chi connectivity index (χ4v) is 2.31. The topological polar surface area (TPSA) is 41.3 Å². The van der Waals surface area contributed by atoms with E-state index in [1.807, 2.05) is 0 Å². The average Bonchev–Trinajstić information content (AvgIpc) is 2.73. The van der Waals surface area contributed by atoms with Gasteiger partial charge >= 0.3 is 0 Å². The molecule has 1 fully saturated rings. The lowest BCUT2D eigenvalue weighted by atomic mass is 10.2. The number of oxazole rings is 1. The molecule has 1 aliphatic rings. The van der Waals surface area contributed by atoms with E-state index < -0.39 is 0 Å². The number of hydrogen-bond acceptors (Lipinski definition) is 4. The van der Waals surface area contributed by atoms with Gasteiger partial charge in [-0.15, -0.1) is 0 Å². The molecule has 1 N–H and O–H groups in total. The van der Waals surface area contributed by atoms with Crippen molar-refractivity contribution >= 4 is 11.1 Å². The summed E-state index contributed by atoms with van der Waals surface area (Å²) in [7, 11) is 0. The first-order valence-corrected chi connectivity index (χ1v) is 6.22. The van der Waals surface area contributed by atoms with Crippen LogP contribution >= 0.6 is 0 Å². The minimum atomic E-state index is -0.280. The van der Waals surface area contributed by atoms with E-state index in [2.05, 4.69) is 22.1 Å². The van der Waals surface area contributed by atoms with Crippen molar-refractivity contribution in [2.45, 2.75) is 19.5 Å². The van der Waals surface area contributed by atoms with Crippen molar-refractivity contribution in [3.8, 4) is 0 Å². The van der Waals surface area contributed by atoms with Gasteiger partial charge in [0.25, 0.3) is 0 Å². The molecule has 0 radical (unpaired) electrons. The zero-order valence-corrected chi connectivity index (χ0v) is 10.3. The molecule has 2 heterocycles. The van der Waals surface area contributed by atoms with Crippen LogP contribution in [-0.4, -0.2) is 35.6 Å². The minimum Gasteiger partial charge on any atom is -0.439 e. The molecule has 2 aromatic rings. The van der Waals surface area contributed by atoms with E-state index in [4.69, 9.17) is 4.42 Å². The second-order valence-corrected chi connectivity index (χ2v) is 4.74. The second-order valence-electron chi connectivity index (χ2n) is 4.74. The largest absolute Gasteiger partial charge is 0.439 e. The molecule has 1 aliphatic heterocycles. The van der Waals surface area contributed by atoms with Crippen LogP contribution in [0.1, 0.15) is 12.8 Å². The Hall–Kier alpha value is -1.46. The Morgan fingerprint density at radius 3 is 3.28 bits per heavy atom. The normalized spacial score (nSPS) is 21.6. The first-order valence-electron chi connectivity index (χ1n) is 6.22. The number of hydrogen-bond donors (Lipinski definition) is 1. The van der Waals surface area contributed by atoms with Gasteiger partial charge in [-0.1, -0.05) is 0 Å². The summed E-state index contributed by atoms with van der Waals surface area (Å²) in [6, 6.07) is 4.89. The van der Waals surface area contributed by atoms with Crippen LogP contribution in [0, 0.1) is 5.82 Å². The molecule has 96 valence electrons. The molecule has 1 saturated heterocycles. The van der Waals surface area contributed by atoms with Crippen LogP contribution in [0.3, 0.4) is 0 Å². The summed E-state index contributed by atoms with van der Waals surface area (Å²) in [5.74, 6) is 0.377. The number of nitrogens with zero attached hydrogens (tertiary/aromatic N) is 2. The van der Waals surface area contributed by atoms with Gasteiger partial charge in [-0.2, -0.15) is 0 Å². The lowest BCUT2D eigenvalue weighted by molar-refractivity contribution is 0.152. The van der Waals surface area contributed by atoms with Crippen molar-refractivity contribution in [2.75, 3.05) is 19.6 Å². The summed E-state index contributed by atoms with van der Waals surface area (Å²) in [5.41, 5.74) is 1.24. The zero-order chi connectivity index (χ0) is 12.5. The van der Waals surface area contributed by atoms with Crippen molar-refractivity contribution in [3.63, 3.8) is 0 Å². The van der Waals surface area contributed by atoms with E-state index in [0.717, 1.165) is 19.6 Å². The standard InChI is InChI=1S/C13H16FN3O/c1-9-7-15-4-5-17(9)8-13-16-11-6-10(14)2-3-12(11)18-13/h2-3,6,9,15H,4-5,7-8H2,1H3/t9-/m0/s1. The number of halogens is 1. The van der Waals surface area contributed by atoms with Gasteiger partial charge in [-0.05, 0) is 19.1 Å². The van der Waals surface area contributed by atoms with Crippen LogP contribution in [0.2, 0.25) is 0 Å². The smallest absolute Gasteiger partial charge is 0.209 e. The molecule has 0 unspecified atom stereocenters. The third-order valence-corrected chi connectivity index (χ3v) is 3.37. The van der Waals surface area contributed by atoms with E-state index in [-0.39, 0.29) is 5.82 Å². The molecule has 1 aromatic heterocycles. The van der Waals surface area contributed by atoms with Gasteiger partial charge < -0.3 is 9.73 Å². The molecule has 0 aliphatic carbocycles. The van der Waals surface area contributed by atoms with E-state index in [1.54, 1.807) is 6.07 Å². The van der Waals surface area contributed by atoms with E-state index in [9.17, 15) is 4.39 Å². The summed E-state index contributed by atoms with van der Waals surface area (Å²) in [6.45, 7) is 5.80. The van der Waals surface area contributed by atoms with E-state index >= 15 is 0 Å². The highest BCUT2D eigenvalue weighted by molar-refractivity contribution is 5.72. The number of piperazine rings is 1. The molecule has 18 heavy (non-hydrogen) atoms. The Labute approximate surface area is 105 Å². The van der Waals surface area contributed by atoms with E-state index in [1.165, 1.54) is 12.1 Å². The molecule has 0 amide bonds. The van der Waals surface area contributed by atoms with Gasteiger partial charge in [0.15, 0.2) is 5.58 Å². The van der Waals surface area contributed by atoms with Gasteiger partial charge in [0.1, 0.15) is 11.3 Å². The van der Waals surface area contributed by atoms with Gasteiger partial charge in [-0.3, -0.25) is 4.90 Å². The van der Waals surface area contributed by atoms with Crippen LogP contribution in [0.4, 0.5) is 4.39 Å². The maximum absolute atomic E-state index is 13.1. The molecular formula is C13H16FN3O. The van der Waals surface area contributed by atoms with Crippen LogP contribution < -0.4 is 5.32 Å². The predicted octanol–water partition coefficient (Wildman–Crippen LogP) is 1.76. The quantitative estimate of drug-likeness (QED) is 0.880. The highest BCUT2D eigenvalue weighted by Gasteiger charge is 2.20. The highest BCUT2D eigenvalue weighted by atomic mass is 19.1. The lowest BCUT2D eigenvalue weighted by Gasteiger charge is -2.32. The third-order valence-electron chi connectivity index (χ3n) is 3.37. The maximum atomic E-state index is 13.1. The Balaban J connectivity index is 1.81. The highest BCUT2D eigenvalue weighted by Crippen LogP contribution is 2.18. The number of benzene rings is 1. The number of nitrogens with one attached hydrogen (secondary N) is 1. The van der Waals surface area contributed by atoms with Gasteiger partial charge in [0, 0.05) is 31.7 Å². The fourth-order valence-electron chi connectivity index (χ4n) is 2.31. The molecule has 0 bridgehead atoms. The van der Waals surface area contributed by atoms with E-state index in [0.29, 0.717) is 29.6 Å². The van der Waals surface area contributed by atoms with Gasteiger partial charge in [0.2, 0.25) is 5.89 Å². The maximum Gasteiger partial charge on any atom is 0.209 e. The van der Waals surface area contributed by atoms with Gasteiger partial charge in [-0.25, -0.2) is 9.37 Å². The Morgan fingerprint density at radius 2 is 2.44 bits per heavy atom. The molecule has 1 atom stereocenters. The van der Waals surface area contributed by atoms with Crippen molar-refractivity contribution in [3.05, 3.63) is 29.9 Å². The molecule has 1 aromatic carbocycles. The molecule has 5 heteroatoms. The van der Waals surface area contributed by atoms with Crippen LogP contribution in [-0.2, 0) is 6.54 Å². The Bertz CT molecular complexity index is 554. The number of fused-ring (bicyclic) bond motifs is 1. The summed E-state index contributed by atoms with van der Waals surface area (Å²) >= 11 is 0. The predicted molar refractivity (Wildman–Crippen MR) is 66.7 cm³/mol. The first kappa shape index (κ1) is 11.6. The fraction of sp³-hybridized carbons (Fsp3) is 0.462. The molecule has 0 saturated carbocycles. The third kappa shape index (κ3) is 2.23. The van der Waals surface area contributed by atoms with Crippen molar-refractivity contribution in [1.82, 2.24) is 15.2 Å².